The summed E-state index contributed by atoms with van der Waals surface area (Å²) < 4.78 is 1.24. The number of hydrogen-bond donors (Lipinski definition) is 1. The van der Waals surface area contributed by atoms with Gasteiger partial charge in [-0.1, -0.05) is 6.07 Å². The lowest BCUT2D eigenvalue weighted by Crippen LogP contribution is -1.87. The van der Waals surface area contributed by atoms with Gasteiger partial charge in [-0.05, 0) is 24.1 Å². The van der Waals surface area contributed by atoms with Gasteiger partial charge in [0.25, 0.3) is 0 Å². The van der Waals surface area contributed by atoms with Crippen molar-refractivity contribution in [2.45, 2.75) is 18.2 Å². The number of rotatable bonds is 1. The summed E-state index contributed by atoms with van der Waals surface area (Å²) in [6, 6.07) is 6.28. The molecule has 0 N–H and O–H groups in total. The van der Waals surface area contributed by atoms with Gasteiger partial charge in [0.05, 0.1) is 12.5 Å². The van der Waals surface area contributed by atoms with Crippen molar-refractivity contribution in [3.8, 4) is 6.07 Å². The molecule has 0 saturated carbocycles. The minimum absolute atomic E-state index is 0.477. The van der Waals surface area contributed by atoms with Crippen LogP contribution in [0.4, 0.5) is 0 Å². The van der Waals surface area contributed by atoms with E-state index in [0.717, 1.165) is 10.5 Å². The number of fused-ring (bicyclic) bond motifs is 1. The Morgan fingerprint density at radius 3 is 3.00 bits per heavy atom. The maximum Gasteiger partial charge on any atom is 0.0669 e. The number of thiophene rings is 1. The third-order valence-electron chi connectivity index (χ3n) is 2.36. The highest BCUT2D eigenvalue weighted by molar-refractivity contribution is 7.80. The van der Waals surface area contributed by atoms with Crippen molar-refractivity contribution in [3.63, 3.8) is 0 Å². The largest absolute Gasteiger partial charge is 0.198 e. The zero-order valence-corrected chi connectivity index (χ0v) is 9.45. The van der Waals surface area contributed by atoms with Gasteiger partial charge in [0.15, 0.2) is 0 Å². The molecule has 1 heterocycles. The lowest BCUT2D eigenvalue weighted by atomic mass is 10.0. The van der Waals surface area contributed by atoms with Gasteiger partial charge in [-0.15, -0.1) is 24.0 Å². The van der Waals surface area contributed by atoms with Crippen LogP contribution in [-0.4, -0.2) is 0 Å². The fraction of sp³-hybridized carbons (Fsp3) is 0.182. The van der Waals surface area contributed by atoms with Crippen LogP contribution in [0.5, 0.6) is 0 Å². The first-order valence-electron chi connectivity index (χ1n) is 4.29. The van der Waals surface area contributed by atoms with E-state index in [9.17, 15) is 0 Å². The van der Waals surface area contributed by atoms with Crippen molar-refractivity contribution in [1.29, 1.82) is 5.26 Å². The van der Waals surface area contributed by atoms with E-state index in [1.165, 1.54) is 15.6 Å². The summed E-state index contributed by atoms with van der Waals surface area (Å²) in [6.07, 6.45) is 0.477. The van der Waals surface area contributed by atoms with Crippen LogP contribution in [0.1, 0.15) is 11.1 Å². The van der Waals surface area contributed by atoms with Crippen molar-refractivity contribution >= 4 is 34.1 Å². The Bertz CT molecular complexity index is 520. The number of thiol groups is 1. The predicted octanol–water partition coefficient (Wildman–Crippen LogP) is 3.56. The van der Waals surface area contributed by atoms with Gasteiger partial charge in [-0.25, -0.2) is 0 Å². The second-order valence-electron chi connectivity index (χ2n) is 3.18. The average molecular weight is 219 g/mol. The molecule has 0 saturated heterocycles. The number of benzene rings is 1. The SMILES string of the molecule is Cc1c(CC#N)ccc2scc(S)c12. The topological polar surface area (TPSA) is 23.8 Å². The van der Waals surface area contributed by atoms with Crippen LogP contribution in [0.15, 0.2) is 22.4 Å². The highest BCUT2D eigenvalue weighted by Gasteiger charge is 2.07. The zero-order chi connectivity index (χ0) is 10.1. The third-order valence-corrected chi connectivity index (χ3v) is 3.84. The summed E-state index contributed by atoms with van der Waals surface area (Å²) in [5, 5.41) is 11.9. The van der Waals surface area contributed by atoms with Gasteiger partial charge in [0.2, 0.25) is 0 Å². The Morgan fingerprint density at radius 2 is 2.29 bits per heavy atom. The minimum Gasteiger partial charge on any atom is -0.198 e. The number of aryl methyl sites for hydroxylation is 1. The Hall–Kier alpha value is -0.980. The molecular formula is C11H9NS2. The molecule has 0 amide bonds. The molecule has 0 aliphatic rings. The molecule has 14 heavy (non-hydrogen) atoms. The molecule has 70 valence electrons. The minimum atomic E-state index is 0.477. The summed E-state index contributed by atoms with van der Waals surface area (Å²) in [5.41, 5.74) is 2.30. The van der Waals surface area contributed by atoms with E-state index in [1.54, 1.807) is 11.3 Å². The summed E-state index contributed by atoms with van der Waals surface area (Å²) in [7, 11) is 0. The van der Waals surface area contributed by atoms with Crippen molar-refractivity contribution in [1.82, 2.24) is 0 Å². The fourth-order valence-electron chi connectivity index (χ4n) is 1.60. The summed E-state index contributed by atoms with van der Waals surface area (Å²) in [6.45, 7) is 2.06. The van der Waals surface area contributed by atoms with E-state index in [4.69, 9.17) is 5.26 Å². The molecule has 0 aliphatic heterocycles. The molecule has 1 nitrogen and oxygen atoms in total. The molecule has 3 heteroatoms. The lowest BCUT2D eigenvalue weighted by molar-refractivity contribution is 1.23. The Labute approximate surface area is 92.4 Å². The highest BCUT2D eigenvalue weighted by Crippen LogP contribution is 2.32. The zero-order valence-electron chi connectivity index (χ0n) is 7.74. The standard InChI is InChI=1S/C11H9NS2/c1-7-8(4-5-12)2-3-10-11(7)9(13)6-14-10/h2-3,6,13H,4H2,1H3. The van der Waals surface area contributed by atoms with Crippen molar-refractivity contribution in [2.75, 3.05) is 0 Å². The number of hydrogen-bond acceptors (Lipinski definition) is 3. The quantitative estimate of drug-likeness (QED) is 0.728. The van der Waals surface area contributed by atoms with Crippen LogP contribution in [-0.2, 0) is 6.42 Å². The van der Waals surface area contributed by atoms with Crippen molar-refractivity contribution in [2.24, 2.45) is 0 Å². The summed E-state index contributed by atoms with van der Waals surface area (Å²) in [4.78, 5) is 1.02. The Morgan fingerprint density at radius 1 is 1.50 bits per heavy atom. The molecule has 1 aromatic heterocycles. The van der Waals surface area contributed by atoms with Gasteiger partial charge in [0, 0.05) is 20.4 Å². The molecule has 0 fully saturated rings. The van der Waals surface area contributed by atoms with Crippen LogP contribution in [0.25, 0.3) is 10.1 Å². The van der Waals surface area contributed by atoms with E-state index in [0.29, 0.717) is 6.42 Å². The van der Waals surface area contributed by atoms with Crippen LogP contribution >= 0.6 is 24.0 Å². The normalized spacial score (nSPS) is 10.4. The maximum atomic E-state index is 8.67. The summed E-state index contributed by atoms with van der Waals surface area (Å²) in [5.74, 6) is 0. The molecular weight excluding hydrogens is 210 g/mol. The lowest BCUT2D eigenvalue weighted by Gasteiger charge is -2.03. The van der Waals surface area contributed by atoms with E-state index >= 15 is 0 Å². The smallest absolute Gasteiger partial charge is 0.0669 e. The Kier molecular flexibility index (Phi) is 2.49. The van der Waals surface area contributed by atoms with Crippen molar-refractivity contribution < 1.29 is 0 Å². The molecule has 0 spiro atoms. The molecule has 2 aromatic rings. The van der Waals surface area contributed by atoms with Gasteiger partial charge in [0.1, 0.15) is 0 Å². The molecule has 1 aromatic carbocycles. The van der Waals surface area contributed by atoms with Gasteiger partial charge < -0.3 is 0 Å². The molecule has 0 radical (unpaired) electrons. The molecule has 2 rings (SSSR count). The first kappa shape index (κ1) is 9.57. The van der Waals surface area contributed by atoms with Crippen LogP contribution < -0.4 is 0 Å². The van der Waals surface area contributed by atoms with Crippen LogP contribution in [0.3, 0.4) is 0 Å². The van der Waals surface area contributed by atoms with E-state index in [2.05, 4.69) is 31.7 Å². The molecule has 0 aliphatic carbocycles. The monoisotopic (exact) mass is 219 g/mol. The average Bonchev–Trinajstić information content (AvgIpc) is 2.54. The fourth-order valence-corrected chi connectivity index (χ4v) is 3.01. The predicted molar refractivity (Wildman–Crippen MR) is 63.1 cm³/mol. The molecule has 0 atom stereocenters. The first-order valence-corrected chi connectivity index (χ1v) is 5.62. The van der Waals surface area contributed by atoms with Gasteiger partial charge in [-0.2, -0.15) is 5.26 Å². The second-order valence-corrected chi connectivity index (χ2v) is 4.57. The summed E-state index contributed by atoms with van der Waals surface area (Å²) >= 11 is 6.11. The molecule has 0 unspecified atom stereocenters. The van der Waals surface area contributed by atoms with E-state index in [-0.39, 0.29) is 0 Å². The van der Waals surface area contributed by atoms with E-state index < -0.39 is 0 Å². The van der Waals surface area contributed by atoms with E-state index in [1.807, 2.05) is 11.4 Å². The number of nitrogens with zero attached hydrogens (tertiary/aromatic N) is 1. The van der Waals surface area contributed by atoms with Crippen LogP contribution in [0, 0.1) is 18.3 Å². The Balaban J connectivity index is 2.74. The first-order chi connectivity index (χ1) is 6.74. The number of nitriles is 1. The molecule has 0 bridgehead atoms. The van der Waals surface area contributed by atoms with Gasteiger partial charge in [-0.3, -0.25) is 0 Å². The van der Waals surface area contributed by atoms with Gasteiger partial charge >= 0.3 is 0 Å². The van der Waals surface area contributed by atoms with Crippen LogP contribution in [0.2, 0.25) is 0 Å². The second kappa shape index (κ2) is 3.64. The van der Waals surface area contributed by atoms with Crippen molar-refractivity contribution in [3.05, 3.63) is 28.6 Å². The third kappa shape index (κ3) is 1.41. The highest BCUT2D eigenvalue weighted by atomic mass is 32.1. The maximum absolute atomic E-state index is 8.67.